The van der Waals surface area contributed by atoms with Gasteiger partial charge in [-0.3, -0.25) is 15.0 Å². The molecule has 1 amide bonds. The number of likely N-dealkylation sites (N-methyl/N-ethyl adjacent to an activating group) is 1. The summed E-state index contributed by atoms with van der Waals surface area (Å²) in [5.41, 5.74) is 2.66. The summed E-state index contributed by atoms with van der Waals surface area (Å²) in [4.78, 5) is 29.0. The summed E-state index contributed by atoms with van der Waals surface area (Å²) in [7, 11) is 6.81. The molecule has 2 aromatic rings. The lowest BCUT2D eigenvalue weighted by Gasteiger charge is -2.27. The van der Waals surface area contributed by atoms with Crippen LogP contribution in [0.4, 0.5) is 5.69 Å². The number of anilines is 1. The zero-order valence-electron chi connectivity index (χ0n) is 22.1. The van der Waals surface area contributed by atoms with Gasteiger partial charge in [0.1, 0.15) is 17.3 Å². The van der Waals surface area contributed by atoms with Crippen molar-refractivity contribution in [3.8, 4) is 11.5 Å². The molecular weight excluding hydrogens is 460 g/mol. The van der Waals surface area contributed by atoms with Gasteiger partial charge in [-0.2, -0.15) is 0 Å². The van der Waals surface area contributed by atoms with Crippen LogP contribution in [0.5, 0.6) is 11.5 Å². The Morgan fingerprint density at radius 3 is 2.47 bits per heavy atom. The van der Waals surface area contributed by atoms with Crippen molar-refractivity contribution in [3.05, 3.63) is 52.1 Å². The fraction of sp³-hybridized carbons (Fsp3) is 0.444. The molecule has 9 heteroatoms. The van der Waals surface area contributed by atoms with Crippen molar-refractivity contribution in [2.24, 2.45) is 0 Å². The van der Waals surface area contributed by atoms with Crippen LogP contribution in [0.25, 0.3) is 0 Å². The molecule has 9 nitrogen and oxygen atoms in total. The lowest BCUT2D eigenvalue weighted by atomic mass is 9.93. The van der Waals surface area contributed by atoms with Crippen LogP contribution < -0.4 is 19.7 Å². The summed E-state index contributed by atoms with van der Waals surface area (Å²) in [5, 5.41) is 22.1. The quantitative estimate of drug-likeness (QED) is 0.433. The lowest BCUT2D eigenvalue weighted by Crippen LogP contribution is -2.30. The van der Waals surface area contributed by atoms with Gasteiger partial charge >= 0.3 is 0 Å². The van der Waals surface area contributed by atoms with Crippen molar-refractivity contribution in [3.63, 3.8) is 0 Å². The Labute approximate surface area is 212 Å². The van der Waals surface area contributed by atoms with Crippen molar-refractivity contribution in [2.75, 3.05) is 46.3 Å². The predicted molar refractivity (Wildman–Crippen MR) is 140 cm³/mol. The standard InChI is InChI=1S/C27H36N4O5/c1-8-36-23-12-18-14-31(26(28)19(18)9-17(23)13-24(33)29-4)15-22(32)16-10-20(27(2,3)34)25(35-7)21(11-16)30(5)6/h9-12,28,34H,8,13-15H2,1-7H3,(H,29,33). The molecule has 3 N–H and O–H groups in total. The van der Waals surface area contributed by atoms with E-state index in [4.69, 9.17) is 14.9 Å². The minimum Gasteiger partial charge on any atom is -0.494 e. The van der Waals surface area contributed by atoms with E-state index in [9.17, 15) is 14.7 Å². The molecular formula is C27H36N4O5. The third kappa shape index (κ3) is 5.46. The van der Waals surface area contributed by atoms with E-state index in [0.717, 1.165) is 5.56 Å². The van der Waals surface area contributed by atoms with Crippen molar-refractivity contribution in [1.29, 1.82) is 5.41 Å². The molecule has 3 rings (SSSR count). The van der Waals surface area contributed by atoms with Gasteiger partial charge in [0, 0.05) is 49.9 Å². The molecule has 1 aliphatic rings. The fourth-order valence-corrected chi connectivity index (χ4v) is 4.34. The van der Waals surface area contributed by atoms with Crippen LogP contribution in [0.15, 0.2) is 24.3 Å². The van der Waals surface area contributed by atoms with Gasteiger partial charge in [-0.1, -0.05) is 0 Å². The maximum Gasteiger partial charge on any atom is 0.224 e. The van der Waals surface area contributed by atoms with Crippen molar-refractivity contribution < 1.29 is 24.2 Å². The number of benzene rings is 2. The number of methoxy groups -OCH3 is 1. The average Bonchev–Trinajstić information content (AvgIpc) is 3.11. The van der Waals surface area contributed by atoms with Crippen molar-refractivity contribution in [2.45, 2.75) is 39.3 Å². The van der Waals surface area contributed by atoms with E-state index in [1.165, 1.54) is 7.11 Å². The van der Waals surface area contributed by atoms with Gasteiger partial charge in [-0.15, -0.1) is 0 Å². The van der Waals surface area contributed by atoms with E-state index in [-0.39, 0.29) is 30.5 Å². The zero-order valence-corrected chi connectivity index (χ0v) is 22.1. The Bertz CT molecular complexity index is 1180. The van der Waals surface area contributed by atoms with Crippen LogP contribution in [0.2, 0.25) is 0 Å². The molecule has 0 bridgehead atoms. The summed E-state index contributed by atoms with van der Waals surface area (Å²) in [6.07, 6.45) is 0.143. The second-order valence-corrected chi connectivity index (χ2v) is 9.56. The van der Waals surface area contributed by atoms with E-state index >= 15 is 0 Å². The number of nitrogens with zero attached hydrogens (tertiary/aromatic N) is 2. The Morgan fingerprint density at radius 2 is 1.92 bits per heavy atom. The first-order chi connectivity index (χ1) is 16.9. The number of ether oxygens (including phenoxy) is 2. The van der Waals surface area contributed by atoms with Gasteiger partial charge in [-0.05, 0) is 50.6 Å². The molecule has 0 saturated heterocycles. The normalized spacial score (nSPS) is 12.9. The van der Waals surface area contributed by atoms with Gasteiger partial charge in [-0.25, -0.2) is 0 Å². The molecule has 0 fully saturated rings. The number of hydrogen-bond acceptors (Lipinski definition) is 7. The lowest BCUT2D eigenvalue weighted by molar-refractivity contribution is -0.119. The highest BCUT2D eigenvalue weighted by atomic mass is 16.5. The Hall–Kier alpha value is -3.59. The highest BCUT2D eigenvalue weighted by Gasteiger charge is 2.30. The largest absolute Gasteiger partial charge is 0.494 e. The molecule has 0 radical (unpaired) electrons. The van der Waals surface area contributed by atoms with Gasteiger partial charge < -0.3 is 29.7 Å². The number of carbonyl (C=O) groups is 2. The molecule has 0 saturated carbocycles. The molecule has 1 heterocycles. The van der Waals surface area contributed by atoms with Crippen LogP contribution in [-0.2, 0) is 23.4 Å². The minimum absolute atomic E-state index is 0.00719. The van der Waals surface area contributed by atoms with Gasteiger partial charge in [0.2, 0.25) is 5.91 Å². The monoisotopic (exact) mass is 496 g/mol. The number of amides is 1. The number of Topliss-reactive ketones (excluding diaryl/α,β-unsaturated/α-hetero) is 1. The first-order valence-electron chi connectivity index (χ1n) is 11.9. The highest BCUT2D eigenvalue weighted by Crippen LogP contribution is 2.39. The fourth-order valence-electron chi connectivity index (χ4n) is 4.34. The van der Waals surface area contributed by atoms with Crippen molar-refractivity contribution >= 4 is 23.2 Å². The topological polar surface area (TPSA) is 115 Å². The third-order valence-corrected chi connectivity index (χ3v) is 6.22. The van der Waals surface area contributed by atoms with E-state index in [0.29, 0.717) is 52.6 Å². The third-order valence-electron chi connectivity index (χ3n) is 6.22. The molecule has 0 aliphatic carbocycles. The first-order valence-corrected chi connectivity index (χ1v) is 11.9. The molecule has 0 spiro atoms. The van der Waals surface area contributed by atoms with E-state index in [1.54, 1.807) is 37.9 Å². The Balaban J connectivity index is 1.92. The number of aliphatic hydroxyl groups is 1. The second-order valence-electron chi connectivity index (χ2n) is 9.56. The summed E-state index contributed by atoms with van der Waals surface area (Å²) in [6.45, 7) is 6.01. The summed E-state index contributed by atoms with van der Waals surface area (Å²) in [5.74, 6) is 1.02. The number of carbonyl (C=O) groups excluding carboxylic acids is 2. The molecule has 194 valence electrons. The van der Waals surface area contributed by atoms with Crippen LogP contribution in [0, 0.1) is 5.41 Å². The van der Waals surface area contributed by atoms with Gasteiger partial charge in [0.25, 0.3) is 0 Å². The van der Waals surface area contributed by atoms with Gasteiger partial charge in [0.15, 0.2) is 5.78 Å². The first kappa shape index (κ1) is 27.0. The van der Waals surface area contributed by atoms with E-state index in [2.05, 4.69) is 5.32 Å². The number of fused-ring (bicyclic) bond motifs is 1. The molecule has 0 atom stereocenters. The number of rotatable bonds is 10. The zero-order chi connectivity index (χ0) is 26.8. The predicted octanol–water partition coefficient (Wildman–Crippen LogP) is 2.70. The number of hydrogen-bond donors (Lipinski definition) is 3. The molecule has 2 aromatic carbocycles. The van der Waals surface area contributed by atoms with E-state index in [1.807, 2.05) is 38.1 Å². The highest BCUT2D eigenvalue weighted by molar-refractivity contribution is 6.06. The van der Waals surface area contributed by atoms with E-state index < -0.39 is 5.60 Å². The van der Waals surface area contributed by atoms with Crippen LogP contribution in [0.3, 0.4) is 0 Å². The molecule has 1 aliphatic heterocycles. The number of nitrogens with one attached hydrogen (secondary N) is 2. The second kappa shape index (κ2) is 10.6. The number of ketones is 1. The Morgan fingerprint density at radius 1 is 1.22 bits per heavy atom. The Kier molecular flexibility index (Phi) is 7.93. The summed E-state index contributed by atoms with van der Waals surface area (Å²) < 4.78 is 11.3. The molecule has 0 aromatic heterocycles. The summed E-state index contributed by atoms with van der Waals surface area (Å²) in [6, 6.07) is 7.08. The van der Waals surface area contributed by atoms with Crippen LogP contribution in [0.1, 0.15) is 53.4 Å². The molecule has 36 heavy (non-hydrogen) atoms. The maximum atomic E-state index is 13.4. The van der Waals surface area contributed by atoms with Gasteiger partial charge in [0.05, 0.1) is 38.0 Å². The average molecular weight is 497 g/mol. The van der Waals surface area contributed by atoms with Crippen LogP contribution in [-0.4, -0.2) is 68.9 Å². The SMILES string of the molecule is CCOc1cc2c(cc1CC(=O)NC)C(=N)N(CC(=O)c1cc(N(C)C)c(OC)c(C(C)(C)O)c1)C2. The maximum absolute atomic E-state index is 13.4. The smallest absolute Gasteiger partial charge is 0.224 e. The summed E-state index contributed by atoms with van der Waals surface area (Å²) >= 11 is 0. The molecule has 0 unspecified atom stereocenters. The number of amidine groups is 1. The van der Waals surface area contributed by atoms with Crippen molar-refractivity contribution in [1.82, 2.24) is 10.2 Å². The van der Waals surface area contributed by atoms with Crippen LogP contribution >= 0.6 is 0 Å². The minimum atomic E-state index is -1.22.